The molecule has 3 rings (SSSR count). The SMILES string of the molecule is CCc1ccc(NC(=O)Cc2nc(-c3ccc(CCC(C)NC(C)=O)cc3)cs2)cc1. The van der Waals surface area contributed by atoms with Crippen molar-refractivity contribution in [3.8, 4) is 11.3 Å². The molecule has 1 atom stereocenters. The number of benzene rings is 2. The van der Waals surface area contributed by atoms with Crippen molar-refractivity contribution in [3.63, 3.8) is 0 Å². The van der Waals surface area contributed by atoms with Crippen molar-refractivity contribution in [1.82, 2.24) is 10.3 Å². The lowest BCUT2D eigenvalue weighted by atomic mass is 10.0. The van der Waals surface area contributed by atoms with E-state index in [0.717, 1.165) is 41.2 Å². The van der Waals surface area contributed by atoms with Gasteiger partial charge < -0.3 is 10.6 Å². The number of thiazole rings is 1. The van der Waals surface area contributed by atoms with Gasteiger partial charge in [0.1, 0.15) is 5.01 Å². The summed E-state index contributed by atoms with van der Waals surface area (Å²) in [5.74, 6) is -0.0564. The molecule has 1 unspecified atom stereocenters. The van der Waals surface area contributed by atoms with Crippen LogP contribution < -0.4 is 10.6 Å². The van der Waals surface area contributed by atoms with E-state index < -0.39 is 0 Å². The van der Waals surface area contributed by atoms with Gasteiger partial charge in [-0.2, -0.15) is 0 Å². The minimum atomic E-state index is -0.0613. The fourth-order valence-corrected chi connectivity index (χ4v) is 4.14. The van der Waals surface area contributed by atoms with Crippen molar-refractivity contribution in [3.05, 3.63) is 70.0 Å². The molecule has 31 heavy (non-hydrogen) atoms. The van der Waals surface area contributed by atoms with E-state index in [0.29, 0.717) is 0 Å². The molecule has 1 aromatic heterocycles. The first-order chi connectivity index (χ1) is 14.9. The van der Waals surface area contributed by atoms with Gasteiger partial charge in [0, 0.05) is 29.6 Å². The average Bonchev–Trinajstić information content (AvgIpc) is 3.21. The number of nitrogens with one attached hydrogen (secondary N) is 2. The number of aromatic nitrogens is 1. The highest BCUT2D eigenvalue weighted by Gasteiger charge is 2.10. The fourth-order valence-electron chi connectivity index (χ4n) is 3.34. The van der Waals surface area contributed by atoms with Gasteiger partial charge in [-0.25, -0.2) is 4.98 Å². The van der Waals surface area contributed by atoms with Crippen LogP contribution in [0.25, 0.3) is 11.3 Å². The molecule has 3 aromatic rings. The smallest absolute Gasteiger partial charge is 0.231 e. The van der Waals surface area contributed by atoms with Crippen molar-refractivity contribution in [1.29, 1.82) is 0 Å². The zero-order valence-electron chi connectivity index (χ0n) is 18.3. The summed E-state index contributed by atoms with van der Waals surface area (Å²) >= 11 is 1.50. The van der Waals surface area contributed by atoms with Crippen LogP contribution in [0.3, 0.4) is 0 Å². The van der Waals surface area contributed by atoms with E-state index in [1.54, 1.807) is 6.92 Å². The van der Waals surface area contributed by atoms with Gasteiger partial charge in [0.15, 0.2) is 0 Å². The molecule has 0 fully saturated rings. The number of aryl methyl sites for hydroxylation is 2. The Morgan fingerprint density at radius 1 is 1.03 bits per heavy atom. The van der Waals surface area contributed by atoms with E-state index in [1.807, 2.05) is 36.6 Å². The Balaban J connectivity index is 1.53. The predicted octanol–water partition coefficient (Wildman–Crippen LogP) is 5.01. The van der Waals surface area contributed by atoms with Gasteiger partial charge >= 0.3 is 0 Å². The maximum Gasteiger partial charge on any atom is 0.231 e. The molecule has 0 saturated carbocycles. The number of rotatable bonds is 9. The lowest BCUT2D eigenvalue weighted by molar-refractivity contribution is -0.119. The van der Waals surface area contributed by atoms with Crippen LogP contribution >= 0.6 is 11.3 Å². The second-order valence-corrected chi connectivity index (χ2v) is 8.68. The van der Waals surface area contributed by atoms with Crippen LogP contribution in [0.2, 0.25) is 0 Å². The summed E-state index contributed by atoms with van der Waals surface area (Å²) in [5, 5.41) is 8.63. The Labute approximate surface area is 187 Å². The molecule has 2 N–H and O–H groups in total. The van der Waals surface area contributed by atoms with E-state index in [2.05, 4.69) is 46.8 Å². The predicted molar refractivity (Wildman–Crippen MR) is 127 cm³/mol. The fraction of sp³-hybridized carbons (Fsp3) is 0.320. The quantitative estimate of drug-likeness (QED) is 0.496. The van der Waals surface area contributed by atoms with Crippen LogP contribution in [-0.2, 0) is 28.9 Å². The number of nitrogens with zero attached hydrogens (tertiary/aromatic N) is 1. The molecule has 0 aliphatic heterocycles. The first-order valence-corrected chi connectivity index (χ1v) is 11.5. The first-order valence-electron chi connectivity index (χ1n) is 10.6. The number of carbonyl (C=O) groups excluding carboxylic acids is 2. The molecule has 1 heterocycles. The van der Waals surface area contributed by atoms with Gasteiger partial charge in [0.05, 0.1) is 12.1 Å². The topological polar surface area (TPSA) is 71.1 Å². The van der Waals surface area contributed by atoms with Gasteiger partial charge in [-0.05, 0) is 49.4 Å². The van der Waals surface area contributed by atoms with Crippen LogP contribution in [0.4, 0.5) is 5.69 Å². The minimum Gasteiger partial charge on any atom is -0.354 e. The Kier molecular flexibility index (Phi) is 7.95. The third-order valence-corrected chi connectivity index (χ3v) is 5.92. The van der Waals surface area contributed by atoms with Gasteiger partial charge in [-0.3, -0.25) is 9.59 Å². The number of anilines is 1. The van der Waals surface area contributed by atoms with E-state index in [1.165, 1.54) is 22.5 Å². The van der Waals surface area contributed by atoms with Crippen LogP contribution in [0.5, 0.6) is 0 Å². The summed E-state index contributed by atoms with van der Waals surface area (Å²) in [6.07, 6.45) is 3.05. The first kappa shape index (κ1) is 22.7. The van der Waals surface area contributed by atoms with E-state index in [-0.39, 0.29) is 24.3 Å². The third kappa shape index (κ3) is 7.03. The molecule has 2 amide bonds. The monoisotopic (exact) mass is 435 g/mol. The highest BCUT2D eigenvalue weighted by Crippen LogP contribution is 2.23. The maximum absolute atomic E-state index is 12.3. The standard InChI is InChI=1S/C25H29N3O2S/c1-4-19-9-13-22(14-10-19)27-24(30)15-25-28-23(16-31-25)21-11-7-20(8-12-21)6-5-17(2)26-18(3)29/h7-14,16-17H,4-6,15H2,1-3H3,(H,26,29)(H,27,30). The summed E-state index contributed by atoms with van der Waals surface area (Å²) < 4.78 is 0. The Hall–Kier alpha value is -2.99. The van der Waals surface area contributed by atoms with Gasteiger partial charge in [-0.15, -0.1) is 11.3 Å². The van der Waals surface area contributed by atoms with Crippen molar-refractivity contribution in [2.24, 2.45) is 0 Å². The largest absolute Gasteiger partial charge is 0.354 e. The zero-order chi connectivity index (χ0) is 22.2. The molecular weight excluding hydrogens is 406 g/mol. The zero-order valence-corrected chi connectivity index (χ0v) is 19.1. The Morgan fingerprint density at radius 3 is 2.35 bits per heavy atom. The highest BCUT2D eigenvalue weighted by atomic mass is 32.1. The third-order valence-electron chi connectivity index (χ3n) is 5.07. The van der Waals surface area contributed by atoms with Crippen molar-refractivity contribution >= 4 is 28.8 Å². The molecular formula is C25H29N3O2S. The van der Waals surface area contributed by atoms with Crippen LogP contribution in [-0.4, -0.2) is 22.8 Å². The molecule has 5 nitrogen and oxygen atoms in total. The van der Waals surface area contributed by atoms with Crippen LogP contribution in [0.1, 0.15) is 43.3 Å². The molecule has 0 aliphatic carbocycles. The Morgan fingerprint density at radius 2 is 1.71 bits per heavy atom. The lowest BCUT2D eigenvalue weighted by Crippen LogP contribution is -2.30. The van der Waals surface area contributed by atoms with E-state index in [4.69, 9.17) is 0 Å². The summed E-state index contributed by atoms with van der Waals surface area (Å²) in [7, 11) is 0. The molecule has 0 radical (unpaired) electrons. The number of carbonyl (C=O) groups is 2. The maximum atomic E-state index is 12.3. The average molecular weight is 436 g/mol. The molecule has 0 saturated heterocycles. The summed E-state index contributed by atoms with van der Waals surface area (Å²) in [4.78, 5) is 28.1. The second kappa shape index (κ2) is 10.9. The lowest BCUT2D eigenvalue weighted by Gasteiger charge is -2.12. The van der Waals surface area contributed by atoms with E-state index in [9.17, 15) is 9.59 Å². The second-order valence-electron chi connectivity index (χ2n) is 7.74. The van der Waals surface area contributed by atoms with Crippen molar-refractivity contribution in [2.45, 2.75) is 52.5 Å². The summed E-state index contributed by atoms with van der Waals surface area (Å²) in [6, 6.07) is 16.4. The Bertz CT molecular complexity index is 1010. The van der Waals surface area contributed by atoms with Gasteiger partial charge in [0.2, 0.25) is 11.8 Å². The molecule has 6 heteroatoms. The van der Waals surface area contributed by atoms with Crippen LogP contribution in [0.15, 0.2) is 53.9 Å². The van der Waals surface area contributed by atoms with Gasteiger partial charge in [0.25, 0.3) is 0 Å². The number of hydrogen-bond acceptors (Lipinski definition) is 4. The normalized spacial score (nSPS) is 11.7. The molecule has 0 aliphatic rings. The van der Waals surface area contributed by atoms with Crippen molar-refractivity contribution < 1.29 is 9.59 Å². The number of amides is 2. The van der Waals surface area contributed by atoms with Crippen molar-refractivity contribution in [2.75, 3.05) is 5.32 Å². The van der Waals surface area contributed by atoms with E-state index >= 15 is 0 Å². The summed E-state index contributed by atoms with van der Waals surface area (Å²) in [6.45, 7) is 5.67. The molecule has 2 aromatic carbocycles. The van der Waals surface area contributed by atoms with Crippen LogP contribution in [0, 0.1) is 0 Å². The van der Waals surface area contributed by atoms with Gasteiger partial charge in [-0.1, -0.05) is 43.3 Å². The molecule has 162 valence electrons. The number of hydrogen-bond donors (Lipinski definition) is 2. The molecule has 0 spiro atoms. The highest BCUT2D eigenvalue weighted by molar-refractivity contribution is 7.10. The molecule has 0 bridgehead atoms. The summed E-state index contributed by atoms with van der Waals surface area (Å²) in [5.41, 5.74) is 5.21. The minimum absolute atomic E-state index is 0.00488.